The van der Waals surface area contributed by atoms with E-state index in [0.717, 1.165) is 33.6 Å². The van der Waals surface area contributed by atoms with Gasteiger partial charge in [-0.1, -0.05) is 47.2 Å². The number of thiophene rings is 1. The van der Waals surface area contributed by atoms with E-state index in [0.29, 0.717) is 5.56 Å². The molecule has 0 radical (unpaired) electrons. The van der Waals surface area contributed by atoms with Crippen molar-refractivity contribution < 1.29 is 9.13 Å². The number of benzene rings is 2. The predicted octanol–water partition coefficient (Wildman–Crippen LogP) is 6.32. The highest BCUT2D eigenvalue weighted by molar-refractivity contribution is 7.17. The standard InChI is InChI=1S/C21H19FOS/c1-14-2-6-16(7-3-14)17-8-9-18(19(22)12-17)20-10-11-21(24-20)23-13-15-4-5-15/h2-3,6-12,15H,4-5,13H2,1H3. The Hall–Kier alpha value is -2.13. The monoisotopic (exact) mass is 338 g/mol. The van der Waals surface area contributed by atoms with Crippen LogP contribution < -0.4 is 4.74 Å². The number of hydrogen-bond acceptors (Lipinski definition) is 2. The molecule has 1 aliphatic carbocycles. The third-order valence-corrected chi connectivity index (χ3v) is 5.39. The molecule has 24 heavy (non-hydrogen) atoms. The zero-order chi connectivity index (χ0) is 16.5. The molecule has 0 unspecified atom stereocenters. The number of halogens is 1. The minimum Gasteiger partial charge on any atom is -0.484 e. The van der Waals surface area contributed by atoms with Crippen LogP contribution in [-0.2, 0) is 0 Å². The van der Waals surface area contributed by atoms with Gasteiger partial charge in [-0.15, -0.1) is 0 Å². The third-order valence-electron chi connectivity index (χ3n) is 4.36. The molecule has 1 aromatic heterocycles. The molecule has 0 N–H and O–H groups in total. The van der Waals surface area contributed by atoms with Crippen molar-refractivity contribution in [2.75, 3.05) is 6.61 Å². The van der Waals surface area contributed by atoms with Crippen molar-refractivity contribution in [3.8, 4) is 26.6 Å². The summed E-state index contributed by atoms with van der Waals surface area (Å²) in [6, 6.07) is 17.5. The van der Waals surface area contributed by atoms with Gasteiger partial charge in [-0.3, -0.25) is 0 Å². The second-order valence-electron chi connectivity index (χ2n) is 6.43. The fourth-order valence-corrected chi connectivity index (χ4v) is 3.56. The van der Waals surface area contributed by atoms with Crippen LogP contribution in [-0.4, -0.2) is 6.61 Å². The molecule has 4 rings (SSSR count). The van der Waals surface area contributed by atoms with Gasteiger partial charge in [0.05, 0.1) is 6.61 Å². The molecule has 0 bridgehead atoms. The summed E-state index contributed by atoms with van der Waals surface area (Å²) >= 11 is 1.51. The fraction of sp³-hybridized carbons (Fsp3) is 0.238. The summed E-state index contributed by atoms with van der Waals surface area (Å²) in [5, 5.41) is 0.874. The average Bonchev–Trinajstić information content (AvgIpc) is 3.30. The van der Waals surface area contributed by atoms with Gasteiger partial charge in [-0.05, 0) is 61.1 Å². The number of aryl methyl sites for hydroxylation is 1. The quantitative estimate of drug-likeness (QED) is 0.529. The number of hydrogen-bond donors (Lipinski definition) is 0. The van der Waals surface area contributed by atoms with Gasteiger partial charge in [0.25, 0.3) is 0 Å². The molecule has 1 saturated carbocycles. The van der Waals surface area contributed by atoms with Crippen molar-refractivity contribution in [3.63, 3.8) is 0 Å². The van der Waals surface area contributed by atoms with Gasteiger partial charge in [0, 0.05) is 10.4 Å². The maximum absolute atomic E-state index is 14.6. The third kappa shape index (κ3) is 3.36. The highest BCUT2D eigenvalue weighted by Crippen LogP contribution is 2.37. The SMILES string of the molecule is Cc1ccc(-c2ccc(-c3ccc(OCC4CC4)s3)c(F)c2)cc1. The van der Waals surface area contributed by atoms with Crippen LogP contribution in [0, 0.1) is 18.7 Å². The van der Waals surface area contributed by atoms with E-state index in [1.54, 1.807) is 6.07 Å². The second kappa shape index (κ2) is 6.40. The second-order valence-corrected chi connectivity index (χ2v) is 7.48. The Labute approximate surface area is 145 Å². The highest BCUT2D eigenvalue weighted by Gasteiger charge is 2.22. The van der Waals surface area contributed by atoms with Gasteiger partial charge in [-0.2, -0.15) is 0 Å². The van der Waals surface area contributed by atoms with Crippen LogP contribution in [0.1, 0.15) is 18.4 Å². The van der Waals surface area contributed by atoms with Crippen LogP contribution in [0.15, 0.2) is 54.6 Å². The Morgan fingerprint density at radius 3 is 2.46 bits per heavy atom. The molecule has 3 aromatic rings. The first-order chi connectivity index (χ1) is 11.7. The topological polar surface area (TPSA) is 9.23 Å². The van der Waals surface area contributed by atoms with Crippen LogP contribution >= 0.6 is 11.3 Å². The summed E-state index contributed by atoms with van der Waals surface area (Å²) in [6.45, 7) is 2.84. The van der Waals surface area contributed by atoms with Crippen molar-refractivity contribution in [2.24, 2.45) is 5.92 Å². The Morgan fingerprint density at radius 1 is 1.00 bits per heavy atom. The molecule has 0 amide bonds. The van der Waals surface area contributed by atoms with Crippen LogP contribution in [0.5, 0.6) is 5.06 Å². The highest BCUT2D eigenvalue weighted by atomic mass is 32.1. The number of rotatable bonds is 5. The summed E-state index contributed by atoms with van der Waals surface area (Å²) < 4.78 is 20.4. The molecule has 122 valence electrons. The largest absolute Gasteiger partial charge is 0.484 e. The molecule has 1 aliphatic rings. The van der Waals surface area contributed by atoms with E-state index in [-0.39, 0.29) is 5.82 Å². The van der Waals surface area contributed by atoms with Gasteiger partial charge in [0.15, 0.2) is 5.06 Å². The molecule has 0 spiro atoms. The summed E-state index contributed by atoms with van der Waals surface area (Å²) in [4.78, 5) is 0.911. The molecular weight excluding hydrogens is 319 g/mol. The van der Waals surface area contributed by atoms with Crippen LogP contribution in [0.2, 0.25) is 0 Å². The lowest BCUT2D eigenvalue weighted by Gasteiger charge is -2.06. The molecule has 0 atom stereocenters. The molecule has 3 heteroatoms. The lowest BCUT2D eigenvalue weighted by Crippen LogP contribution is -1.96. The number of ether oxygens (including phenoxy) is 1. The van der Waals surface area contributed by atoms with Crippen LogP contribution in [0.3, 0.4) is 0 Å². The summed E-state index contributed by atoms with van der Waals surface area (Å²) in [6.07, 6.45) is 2.54. The van der Waals surface area contributed by atoms with Crippen molar-refractivity contribution >= 4 is 11.3 Å². The lowest BCUT2D eigenvalue weighted by molar-refractivity contribution is 0.308. The zero-order valence-corrected chi connectivity index (χ0v) is 14.4. The maximum Gasteiger partial charge on any atom is 0.174 e. The predicted molar refractivity (Wildman–Crippen MR) is 98.1 cm³/mol. The Kier molecular flexibility index (Phi) is 4.11. The Balaban J connectivity index is 1.56. The normalized spacial score (nSPS) is 13.9. The average molecular weight is 338 g/mol. The van der Waals surface area contributed by atoms with E-state index in [2.05, 4.69) is 0 Å². The van der Waals surface area contributed by atoms with Crippen LogP contribution in [0.25, 0.3) is 21.6 Å². The van der Waals surface area contributed by atoms with Crippen molar-refractivity contribution in [3.05, 3.63) is 66.0 Å². The van der Waals surface area contributed by atoms with E-state index >= 15 is 0 Å². The first-order valence-corrected chi connectivity index (χ1v) is 9.10. The maximum atomic E-state index is 14.6. The molecule has 1 fully saturated rings. The molecule has 0 saturated heterocycles. The molecule has 2 aromatic carbocycles. The van der Waals surface area contributed by atoms with Crippen molar-refractivity contribution in [1.29, 1.82) is 0 Å². The minimum atomic E-state index is -0.191. The smallest absolute Gasteiger partial charge is 0.174 e. The summed E-state index contributed by atoms with van der Waals surface area (Å²) in [5.74, 6) is 0.532. The summed E-state index contributed by atoms with van der Waals surface area (Å²) in [5.41, 5.74) is 3.77. The van der Waals surface area contributed by atoms with Gasteiger partial charge in [0.1, 0.15) is 5.82 Å². The van der Waals surface area contributed by atoms with E-state index in [9.17, 15) is 4.39 Å². The molecule has 1 nitrogen and oxygen atoms in total. The van der Waals surface area contributed by atoms with E-state index in [1.165, 1.54) is 29.7 Å². The van der Waals surface area contributed by atoms with Gasteiger partial charge >= 0.3 is 0 Å². The fourth-order valence-electron chi connectivity index (χ4n) is 2.67. The Bertz CT molecular complexity index is 847. The molecule has 0 aliphatic heterocycles. The first kappa shape index (κ1) is 15.4. The van der Waals surface area contributed by atoms with Gasteiger partial charge in [0.2, 0.25) is 0 Å². The minimum absolute atomic E-state index is 0.191. The Morgan fingerprint density at radius 2 is 1.75 bits per heavy atom. The lowest BCUT2D eigenvalue weighted by atomic mass is 10.0. The molecular formula is C21H19FOS. The van der Waals surface area contributed by atoms with E-state index in [1.807, 2.05) is 55.5 Å². The van der Waals surface area contributed by atoms with Gasteiger partial charge in [-0.25, -0.2) is 4.39 Å². The molecule has 1 heterocycles. The van der Waals surface area contributed by atoms with Crippen LogP contribution in [0.4, 0.5) is 4.39 Å². The van der Waals surface area contributed by atoms with Gasteiger partial charge < -0.3 is 4.74 Å². The van der Waals surface area contributed by atoms with Crippen molar-refractivity contribution in [2.45, 2.75) is 19.8 Å². The van der Waals surface area contributed by atoms with E-state index in [4.69, 9.17) is 4.74 Å². The summed E-state index contributed by atoms with van der Waals surface area (Å²) in [7, 11) is 0. The van der Waals surface area contributed by atoms with E-state index < -0.39 is 0 Å². The van der Waals surface area contributed by atoms with Crippen molar-refractivity contribution in [1.82, 2.24) is 0 Å². The zero-order valence-electron chi connectivity index (χ0n) is 13.6. The first-order valence-electron chi connectivity index (χ1n) is 8.28.